The minimum absolute atomic E-state index is 0.0304. The lowest BCUT2D eigenvalue weighted by Crippen LogP contribution is -2.35. The number of hydrogen-bond donors (Lipinski definition) is 1. The van der Waals surface area contributed by atoms with Gasteiger partial charge in [-0.2, -0.15) is 5.26 Å². The number of ether oxygens (including phenoxy) is 2. The van der Waals surface area contributed by atoms with Gasteiger partial charge in [0.25, 0.3) is 5.56 Å². The first-order valence-electron chi connectivity index (χ1n) is 9.29. The topological polar surface area (TPSA) is 90.3 Å². The highest BCUT2D eigenvalue weighted by molar-refractivity contribution is 6.31. The zero-order chi connectivity index (χ0) is 20.7. The van der Waals surface area contributed by atoms with Gasteiger partial charge in [-0.25, -0.2) is 4.39 Å². The average Bonchev–Trinajstić information content (AvgIpc) is 3.18. The van der Waals surface area contributed by atoms with Gasteiger partial charge < -0.3 is 19.8 Å². The van der Waals surface area contributed by atoms with Crippen LogP contribution in [0.4, 0.5) is 4.39 Å². The fraction of sp³-hybridized carbons (Fsp3) is 0.333. The van der Waals surface area contributed by atoms with Gasteiger partial charge in [-0.15, -0.1) is 0 Å². The van der Waals surface area contributed by atoms with Crippen LogP contribution < -0.4 is 16.0 Å². The number of allylic oxidation sites excluding steroid dienone is 1. The Labute approximate surface area is 171 Å². The maximum absolute atomic E-state index is 14.8. The maximum Gasteiger partial charge on any atom is 0.258 e. The number of nitrogens with zero attached hydrogens (tertiary/aromatic N) is 2. The van der Waals surface area contributed by atoms with Crippen molar-refractivity contribution in [1.82, 2.24) is 4.57 Å². The Morgan fingerprint density at radius 1 is 1.41 bits per heavy atom. The molecule has 2 aromatic rings. The van der Waals surface area contributed by atoms with Crippen molar-refractivity contribution >= 4 is 11.6 Å². The number of nitriles is 1. The van der Waals surface area contributed by atoms with Crippen molar-refractivity contribution in [3.63, 3.8) is 0 Å². The highest BCUT2D eigenvalue weighted by Crippen LogP contribution is 2.43. The molecule has 1 aromatic carbocycles. The van der Waals surface area contributed by atoms with Crippen LogP contribution in [0.1, 0.15) is 35.6 Å². The summed E-state index contributed by atoms with van der Waals surface area (Å²) in [7, 11) is 0. The molecule has 0 spiro atoms. The van der Waals surface area contributed by atoms with E-state index in [-0.39, 0.29) is 45.0 Å². The Bertz CT molecular complexity index is 1090. The molecule has 2 aliphatic heterocycles. The third kappa shape index (κ3) is 3.28. The molecule has 0 radical (unpaired) electrons. The van der Waals surface area contributed by atoms with E-state index in [2.05, 4.69) is 0 Å². The fourth-order valence-electron chi connectivity index (χ4n) is 3.98. The average molecular weight is 416 g/mol. The minimum Gasteiger partial charge on any atom is -0.440 e. The zero-order valence-corrected chi connectivity index (χ0v) is 16.5. The molecule has 0 saturated carbocycles. The lowest BCUT2D eigenvalue weighted by molar-refractivity contribution is 0.0954. The van der Waals surface area contributed by atoms with Gasteiger partial charge in [0, 0.05) is 29.0 Å². The molecule has 2 atom stereocenters. The van der Waals surface area contributed by atoms with Crippen LogP contribution in [0.5, 0.6) is 5.75 Å². The first-order valence-corrected chi connectivity index (χ1v) is 9.67. The molecule has 150 valence electrons. The summed E-state index contributed by atoms with van der Waals surface area (Å²) < 4.78 is 27.6. The molecule has 1 aromatic heterocycles. The third-order valence-corrected chi connectivity index (χ3v) is 5.72. The molecule has 0 unspecified atom stereocenters. The summed E-state index contributed by atoms with van der Waals surface area (Å²) in [6.07, 6.45) is 1.73. The summed E-state index contributed by atoms with van der Waals surface area (Å²) in [5, 5.41) is 9.79. The van der Waals surface area contributed by atoms with Crippen LogP contribution in [-0.2, 0) is 11.3 Å². The predicted octanol–water partition coefficient (Wildman–Crippen LogP) is 3.35. The molecule has 2 aliphatic rings. The monoisotopic (exact) mass is 415 g/mol. The van der Waals surface area contributed by atoms with Crippen molar-refractivity contribution in [2.75, 3.05) is 6.61 Å². The number of nitrogens with two attached hydrogens (primary N) is 1. The third-order valence-electron chi connectivity index (χ3n) is 5.39. The van der Waals surface area contributed by atoms with Crippen LogP contribution in [0, 0.1) is 24.1 Å². The van der Waals surface area contributed by atoms with Crippen molar-refractivity contribution in [1.29, 1.82) is 5.26 Å². The second-order valence-electron chi connectivity index (χ2n) is 7.17. The van der Waals surface area contributed by atoms with Gasteiger partial charge in [0.2, 0.25) is 5.88 Å². The van der Waals surface area contributed by atoms with E-state index < -0.39 is 11.7 Å². The number of fused-ring (bicyclic) bond motifs is 1. The van der Waals surface area contributed by atoms with Crippen molar-refractivity contribution < 1.29 is 13.9 Å². The van der Waals surface area contributed by atoms with Crippen LogP contribution in [0.2, 0.25) is 5.02 Å². The molecular formula is C21H19ClFN3O3. The Morgan fingerprint density at radius 3 is 2.86 bits per heavy atom. The van der Waals surface area contributed by atoms with Gasteiger partial charge in [-0.3, -0.25) is 4.79 Å². The Morgan fingerprint density at radius 2 is 2.21 bits per heavy atom. The summed E-state index contributed by atoms with van der Waals surface area (Å²) in [6.45, 7) is 2.82. The van der Waals surface area contributed by atoms with Gasteiger partial charge in [-0.05, 0) is 31.9 Å². The smallest absolute Gasteiger partial charge is 0.258 e. The molecule has 6 nitrogen and oxygen atoms in total. The lowest BCUT2D eigenvalue weighted by atomic mass is 9.83. The van der Waals surface area contributed by atoms with Crippen molar-refractivity contribution in [3.05, 3.63) is 73.7 Å². The molecule has 3 heterocycles. The van der Waals surface area contributed by atoms with Crippen molar-refractivity contribution in [2.45, 2.75) is 38.3 Å². The van der Waals surface area contributed by atoms with E-state index in [9.17, 15) is 14.4 Å². The molecule has 0 bridgehead atoms. The van der Waals surface area contributed by atoms with Crippen LogP contribution >= 0.6 is 11.6 Å². The van der Waals surface area contributed by atoms with Crippen LogP contribution in [0.3, 0.4) is 0 Å². The van der Waals surface area contributed by atoms with E-state index in [0.29, 0.717) is 18.8 Å². The number of rotatable bonds is 3. The second kappa shape index (κ2) is 7.54. The minimum atomic E-state index is -1.05. The standard InChI is InChI=1S/C21H19ClFN3O3/c1-11-8-16-19(21(27)26(11)10-12-4-3-7-28-12)17(13(9-24)20(25)29-16)18-14(22)5-2-6-15(18)23/h2,5-6,8,12,17H,3-4,7,10,25H2,1H3/t12-,17-/m1/s1. The van der Waals surface area contributed by atoms with Gasteiger partial charge in [0.05, 0.1) is 24.1 Å². The van der Waals surface area contributed by atoms with Crippen LogP contribution in [-0.4, -0.2) is 17.3 Å². The molecule has 29 heavy (non-hydrogen) atoms. The SMILES string of the molecule is Cc1cc2c(c(=O)n1C[C@H]1CCCO1)[C@@H](c1c(F)cccc1Cl)C(C#N)=C(N)O2. The quantitative estimate of drug-likeness (QED) is 0.830. The molecule has 0 aliphatic carbocycles. The molecule has 2 N–H and O–H groups in total. The number of benzene rings is 1. The lowest BCUT2D eigenvalue weighted by Gasteiger charge is -2.28. The zero-order valence-electron chi connectivity index (χ0n) is 15.7. The van der Waals surface area contributed by atoms with E-state index in [0.717, 1.165) is 12.8 Å². The Balaban J connectivity index is 1.95. The largest absolute Gasteiger partial charge is 0.440 e. The van der Waals surface area contributed by atoms with Crippen LogP contribution in [0.15, 0.2) is 40.5 Å². The van der Waals surface area contributed by atoms with E-state index in [4.69, 9.17) is 26.8 Å². The first kappa shape index (κ1) is 19.5. The van der Waals surface area contributed by atoms with Gasteiger partial charge in [0.1, 0.15) is 23.2 Å². The number of halogens is 2. The van der Waals surface area contributed by atoms with Gasteiger partial charge in [-0.1, -0.05) is 17.7 Å². The second-order valence-corrected chi connectivity index (χ2v) is 7.58. The summed E-state index contributed by atoms with van der Waals surface area (Å²) in [4.78, 5) is 13.5. The maximum atomic E-state index is 14.8. The summed E-state index contributed by atoms with van der Waals surface area (Å²) in [6, 6.07) is 7.85. The Hall–Kier alpha value is -2.82. The normalized spacial score (nSPS) is 20.9. The number of aromatic nitrogens is 1. The van der Waals surface area contributed by atoms with Crippen LogP contribution in [0.25, 0.3) is 0 Å². The molecule has 8 heteroatoms. The molecule has 1 saturated heterocycles. The van der Waals surface area contributed by atoms with E-state index >= 15 is 0 Å². The van der Waals surface area contributed by atoms with Crippen molar-refractivity contribution in [3.8, 4) is 11.8 Å². The summed E-state index contributed by atoms with van der Waals surface area (Å²) >= 11 is 6.28. The summed E-state index contributed by atoms with van der Waals surface area (Å²) in [5.74, 6) is -1.64. The highest BCUT2D eigenvalue weighted by Gasteiger charge is 2.37. The number of aryl methyl sites for hydroxylation is 1. The fourth-order valence-corrected chi connectivity index (χ4v) is 4.25. The molecular weight excluding hydrogens is 397 g/mol. The van der Waals surface area contributed by atoms with Gasteiger partial charge in [0.15, 0.2) is 0 Å². The highest BCUT2D eigenvalue weighted by atomic mass is 35.5. The number of pyridine rings is 1. The predicted molar refractivity (Wildman–Crippen MR) is 105 cm³/mol. The molecule has 0 amide bonds. The molecule has 4 rings (SSSR count). The summed E-state index contributed by atoms with van der Waals surface area (Å²) in [5.41, 5.74) is 6.36. The Kier molecular flexibility index (Phi) is 5.07. The van der Waals surface area contributed by atoms with E-state index in [1.54, 1.807) is 17.6 Å². The molecule has 1 fully saturated rings. The van der Waals surface area contributed by atoms with E-state index in [1.165, 1.54) is 18.2 Å². The van der Waals surface area contributed by atoms with Crippen molar-refractivity contribution in [2.24, 2.45) is 5.73 Å². The first-order chi connectivity index (χ1) is 13.9. The number of hydrogen-bond acceptors (Lipinski definition) is 5. The van der Waals surface area contributed by atoms with Gasteiger partial charge >= 0.3 is 0 Å². The van der Waals surface area contributed by atoms with E-state index in [1.807, 2.05) is 6.07 Å².